The molecule has 0 aromatic rings. The third kappa shape index (κ3) is 3.95. The van der Waals surface area contributed by atoms with Crippen LogP contribution in [0.2, 0.25) is 0 Å². The summed E-state index contributed by atoms with van der Waals surface area (Å²) in [5, 5.41) is 10.4. The summed E-state index contributed by atoms with van der Waals surface area (Å²) in [6.45, 7) is 2.03. The molecule has 0 radical (unpaired) electrons. The van der Waals surface area contributed by atoms with E-state index in [0.29, 0.717) is 24.5 Å². The normalized spacial score (nSPS) is 34.1. The molecule has 3 aliphatic rings. The van der Waals surface area contributed by atoms with E-state index in [1.807, 2.05) is 0 Å². The Labute approximate surface area is 122 Å². The zero-order chi connectivity index (χ0) is 13.8. The van der Waals surface area contributed by atoms with Crippen LogP contribution in [0.1, 0.15) is 57.8 Å². The number of hydrogen-bond acceptors (Lipinski definition) is 3. The average molecular weight is 279 g/mol. The van der Waals surface area contributed by atoms with Crippen LogP contribution in [-0.2, 0) is 4.79 Å². The van der Waals surface area contributed by atoms with E-state index in [4.69, 9.17) is 0 Å². The van der Waals surface area contributed by atoms with Gasteiger partial charge < -0.3 is 16.0 Å². The van der Waals surface area contributed by atoms with Crippen molar-refractivity contribution in [2.24, 2.45) is 5.92 Å². The highest BCUT2D eigenvalue weighted by molar-refractivity contribution is 5.76. The molecule has 0 aromatic carbocycles. The number of amides is 1. The lowest BCUT2D eigenvalue weighted by Gasteiger charge is -2.33. The van der Waals surface area contributed by atoms with Crippen molar-refractivity contribution in [2.75, 3.05) is 13.1 Å². The van der Waals surface area contributed by atoms with Crippen LogP contribution in [0.15, 0.2) is 0 Å². The maximum atomic E-state index is 11.7. The van der Waals surface area contributed by atoms with Gasteiger partial charge in [0.25, 0.3) is 0 Å². The minimum absolute atomic E-state index is 0.227. The molecule has 3 N–H and O–H groups in total. The summed E-state index contributed by atoms with van der Waals surface area (Å²) in [6, 6.07) is 1.83. The van der Waals surface area contributed by atoms with Gasteiger partial charge in [-0.25, -0.2) is 0 Å². The van der Waals surface area contributed by atoms with Crippen molar-refractivity contribution in [2.45, 2.75) is 75.9 Å². The summed E-state index contributed by atoms with van der Waals surface area (Å²) >= 11 is 0. The van der Waals surface area contributed by atoms with Crippen LogP contribution in [-0.4, -0.2) is 37.1 Å². The molecule has 4 heteroatoms. The van der Waals surface area contributed by atoms with Crippen LogP contribution in [0.25, 0.3) is 0 Å². The summed E-state index contributed by atoms with van der Waals surface area (Å²) in [4.78, 5) is 11.7. The molecule has 1 heterocycles. The van der Waals surface area contributed by atoms with Crippen molar-refractivity contribution in [3.05, 3.63) is 0 Å². The van der Waals surface area contributed by atoms with Gasteiger partial charge in [-0.1, -0.05) is 12.8 Å². The molecular formula is C16H29N3O. The zero-order valence-electron chi connectivity index (χ0n) is 12.5. The lowest BCUT2D eigenvalue weighted by molar-refractivity contribution is -0.121. The minimum Gasteiger partial charge on any atom is -0.353 e. The SMILES string of the molecule is O=C(CCNC1CCCC1C1CCCCN1)NC1CC1. The summed E-state index contributed by atoms with van der Waals surface area (Å²) in [7, 11) is 0. The van der Waals surface area contributed by atoms with Crippen molar-refractivity contribution in [3.63, 3.8) is 0 Å². The van der Waals surface area contributed by atoms with Crippen molar-refractivity contribution < 1.29 is 4.79 Å². The van der Waals surface area contributed by atoms with Crippen LogP contribution in [0.5, 0.6) is 0 Å². The standard InChI is InChI=1S/C16H29N3O/c20-16(19-12-7-8-12)9-11-18-15-6-3-4-13(15)14-5-1-2-10-17-14/h12-15,17-18H,1-11H2,(H,19,20). The Bertz CT molecular complexity index is 324. The highest BCUT2D eigenvalue weighted by Crippen LogP contribution is 2.31. The summed E-state index contributed by atoms with van der Waals surface area (Å²) in [6.07, 6.45) is 11.0. The molecule has 3 rings (SSSR count). The van der Waals surface area contributed by atoms with Gasteiger partial charge in [-0.15, -0.1) is 0 Å². The van der Waals surface area contributed by atoms with Gasteiger partial charge in [0.1, 0.15) is 0 Å². The molecule has 1 amide bonds. The Hall–Kier alpha value is -0.610. The van der Waals surface area contributed by atoms with Crippen LogP contribution in [0.3, 0.4) is 0 Å². The van der Waals surface area contributed by atoms with Gasteiger partial charge >= 0.3 is 0 Å². The molecule has 3 atom stereocenters. The van der Waals surface area contributed by atoms with E-state index in [1.165, 1.54) is 57.9 Å². The molecular weight excluding hydrogens is 250 g/mol. The number of nitrogens with one attached hydrogen (secondary N) is 3. The fourth-order valence-corrected chi connectivity index (χ4v) is 3.87. The van der Waals surface area contributed by atoms with Gasteiger partial charge in [-0.2, -0.15) is 0 Å². The van der Waals surface area contributed by atoms with Crippen molar-refractivity contribution >= 4 is 5.91 Å². The van der Waals surface area contributed by atoms with E-state index < -0.39 is 0 Å². The van der Waals surface area contributed by atoms with E-state index in [-0.39, 0.29) is 5.91 Å². The fourth-order valence-electron chi connectivity index (χ4n) is 3.87. The average Bonchev–Trinajstić information content (AvgIpc) is 3.15. The molecule has 3 unspecified atom stereocenters. The smallest absolute Gasteiger partial charge is 0.221 e. The Balaban J connectivity index is 1.37. The van der Waals surface area contributed by atoms with E-state index in [0.717, 1.165) is 12.5 Å². The molecule has 0 bridgehead atoms. The van der Waals surface area contributed by atoms with Crippen LogP contribution >= 0.6 is 0 Å². The third-order valence-corrected chi connectivity index (χ3v) is 5.14. The van der Waals surface area contributed by atoms with Crippen LogP contribution in [0, 0.1) is 5.92 Å². The van der Waals surface area contributed by atoms with Gasteiger partial charge in [0.15, 0.2) is 0 Å². The molecule has 1 aliphatic heterocycles. The maximum Gasteiger partial charge on any atom is 0.221 e. The Kier molecular flexibility index (Phi) is 4.94. The molecule has 2 aliphatic carbocycles. The number of carbonyl (C=O) groups excluding carboxylic acids is 1. The lowest BCUT2D eigenvalue weighted by atomic mass is 9.88. The molecule has 114 valence electrons. The van der Waals surface area contributed by atoms with Gasteiger partial charge in [0, 0.05) is 31.1 Å². The summed E-state index contributed by atoms with van der Waals surface area (Å²) in [5.74, 6) is 1.01. The fraction of sp³-hybridized carbons (Fsp3) is 0.938. The number of rotatable bonds is 6. The second kappa shape index (κ2) is 6.90. The Morgan fingerprint density at radius 3 is 2.70 bits per heavy atom. The van der Waals surface area contributed by atoms with Gasteiger partial charge in [-0.05, 0) is 51.0 Å². The minimum atomic E-state index is 0.227. The topological polar surface area (TPSA) is 53.2 Å². The monoisotopic (exact) mass is 279 g/mol. The first-order valence-electron chi connectivity index (χ1n) is 8.59. The van der Waals surface area contributed by atoms with E-state index in [2.05, 4.69) is 16.0 Å². The molecule has 4 nitrogen and oxygen atoms in total. The molecule has 3 fully saturated rings. The Morgan fingerprint density at radius 2 is 1.95 bits per heavy atom. The number of piperidine rings is 1. The maximum absolute atomic E-state index is 11.7. The largest absolute Gasteiger partial charge is 0.353 e. The van der Waals surface area contributed by atoms with Gasteiger partial charge in [-0.3, -0.25) is 4.79 Å². The highest BCUT2D eigenvalue weighted by Gasteiger charge is 2.33. The third-order valence-electron chi connectivity index (χ3n) is 5.14. The molecule has 2 saturated carbocycles. The summed E-state index contributed by atoms with van der Waals surface area (Å²) < 4.78 is 0. The van der Waals surface area contributed by atoms with Gasteiger partial charge in [0.2, 0.25) is 5.91 Å². The second-order valence-electron chi connectivity index (χ2n) is 6.80. The predicted octanol–water partition coefficient (Wildman–Crippen LogP) is 1.56. The first kappa shape index (κ1) is 14.3. The zero-order valence-corrected chi connectivity index (χ0v) is 12.5. The van der Waals surface area contributed by atoms with Crippen molar-refractivity contribution in [1.29, 1.82) is 0 Å². The predicted molar refractivity (Wildman–Crippen MR) is 80.6 cm³/mol. The molecule has 0 spiro atoms. The van der Waals surface area contributed by atoms with E-state index in [9.17, 15) is 4.79 Å². The molecule has 0 aromatic heterocycles. The lowest BCUT2D eigenvalue weighted by Crippen LogP contribution is -2.47. The molecule has 1 saturated heterocycles. The van der Waals surface area contributed by atoms with Gasteiger partial charge in [0.05, 0.1) is 0 Å². The van der Waals surface area contributed by atoms with E-state index >= 15 is 0 Å². The number of hydrogen-bond donors (Lipinski definition) is 3. The van der Waals surface area contributed by atoms with Crippen LogP contribution in [0.4, 0.5) is 0 Å². The summed E-state index contributed by atoms with van der Waals surface area (Å²) in [5.41, 5.74) is 0. The van der Waals surface area contributed by atoms with Crippen molar-refractivity contribution in [1.82, 2.24) is 16.0 Å². The quantitative estimate of drug-likeness (QED) is 0.691. The first-order chi connectivity index (χ1) is 9.83. The van der Waals surface area contributed by atoms with E-state index in [1.54, 1.807) is 0 Å². The Morgan fingerprint density at radius 1 is 1.05 bits per heavy atom. The molecule has 20 heavy (non-hydrogen) atoms. The first-order valence-corrected chi connectivity index (χ1v) is 8.59. The number of carbonyl (C=O) groups is 1. The highest BCUT2D eigenvalue weighted by atomic mass is 16.1. The van der Waals surface area contributed by atoms with Crippen LogP contribution < -0.4 is 16.0 Å². The van der Waals surface area contributed by atoms with Crippen molar-refractivity contribution in [3.8, 4) is 0 Å². The second-order valence-corrected chi connectivity index (χ2v) is 6.80.